The van der Waals surface area contributed by atoms with Crippen molar-refractivity contribution >= 4 is 5.97 Å². The third-order valence-corrected chi connectivity index (χ3v) is 4.15. The third kappa shape index (κ3) is 2.69. The van der Waals surface area contributed by atoms with Crippen LogP contribution in [0.25, 0.3) is 0 Å². The molecule has 0 heterocycles. The fourth-order valence-electron chi connectivity index (χ4n) is 3.02. The van der Waals surface area contributed by atoms with E-state index in [2.05, 4.69) is 29.6 Å². The minimum atomic E-state index is -0.645. The van der Waals surface area contributed by atoms with Gasteiger partial charge in [-0.15, -0.1) is 0 Å². The number of ether oxygens (including phenoxy) is 1. The van der Waals surface area contributed by atoms with Crippen molar-refractivity contribution in [1.29, 1.82) is 0 Å². The Bertz CT molecular complexity index is 612. The van der Waals surface area contributed by atoms with E-state index >= 15 is 0 Å². The Labute approximate surface area is 124 Å². The largest absolute Gasteiger partial charge is 0.468 e. The lowest BCUT2D eigenvalue weighted by Crippen LogP contribution is -2.53. The number of hydrogen-bond donors (Lipinski definition) is 1. The summed E-state index contributed by atoms with van der Waals surface area (Å²) >= 11 is 0. The number of nitrogens with one attached hydrogen (secondary N) is 1. The van der Waals surface area contributed by atoms with E-state index in [1.807, 2.05) is 30.3 Å². The van der Waals surface area contributed by atoms with E-state index in [1.54, 1.807) is 0 Å². The molecule has 0 atom stereocenters. The Morgan fingerprint density at radius 3 is 2.19 bits per heavy atom. The predicted molar refractivity (Wildman–Crippen MR) is 81.9 cm³/mol. The first-order chi connectivity index (χ1) is 10.2. The van der Waals surface area contributed by atoms with Gasteiger partial charge in [0, 0.05) is 19.4 Å². The van der Waals surface area contributed by atoms with Crippen molar-refractivity contribution in [3.63, 3.8) is 0 Å². The van der Waals surface area contributed by atoms with Crippen LogP contribution in [0.5, 0.6) is 0 Å². The minimum absolute atomic E-state index is 0.186. The van der Waals surface area contributed by atoms with Crippen LogP contribution in [-0.4, -0.2) is 18.6 Å². The molecule has 0 radical (unpaired) electrons. The number of rotatable bonds is 4. The van der Waals surface area contributed by atoms with Gasteiger partial charge in [-0.1, -0.05) is 54.6 Å². The van der Waals surface area contributed by atoms with Crippen LogP contribution in [0.4, 0.5) is 0 Å². The van der Waals surface area contributed by atoms with Crippen LogP contribution in [0.2, 0.25) is 0 Å². The molecule has 0 aliphatic heterocycles. The average Bonchev–Trinajstić information content (AvgIpc) is 2.93. The fraction of sp³-hybridized carbons (Fsp3) is 0.278. The van der Waals surface area contributed by atoms with Crippen LogP contribution in [0.1, 0.15) is 16.7 Å². The zero-order valence-electron chi connectivity index (χ0n) is 12.1. The van der Waals surface area contributed by atoms with Gasteiger partial charge in [0.1, 0.15) is 5.54 Å². The topological polar surface area (TPSA) is 38.3 Å². The van der Waals surface area contributed by atoms with Crippen molar-refractivity contribution in [2.45, 2.75) is 24.9 Å². The molecule has 1 aliphatic carbocycles. The summed E-state index contributed by atoms with van der Waals surface area (Å²) in [7, 11) is 1.46. The zero-order valence-corrected chi connectivity index (χ0v) is 12.1. The number of fused-ring (bicyclic) bond motifs is 1. The lowest BCUT2D eigenvalue weighted by molar-refractivity contribution is -0.148. The Hall–Kier alpha value is -2.13. The van der Waals surface area contributed by atoms with E-state index in [1.165, 1.54) is 18.2 Å². The second kappa shape index (κ2) is 5.70. The zero-order chi connectivity index (χ0) is 14.7. The lowest BCUT2D eigenvalue weighted by atomic mass is 9.95. The van der Waals surface area contributed by atoms with Crippen molar-refractivity contribution in [1.82, 2.24) is 5.32 Å². The first-order valence-corrected chi connectivity index (χ1v) is 7.18. The van der Waals surface area contributed by atoms with Gasteiger partial charge in [0.05, 0.1) is 7.11 Å². The smallest absolute Gasteiger partial charge is 0.326 e. The first kappa shape index (κ1) is 13.8. The van der Waals surface area contributed by atoms with Crippen LogP contribution < -0.4 is 5.32 Å². The standard InChI is InChI=1S/C18H19NO2/c1-21-17(20)18(19-13-14-7-3-2-4-8-14)11-15-9-5-6-10-16(15)12-18/h2-10,19H,11-13H2,1H3. The SMILES string of the molecule is COC(=O)C1(NCc2ccccc2)Cc2ccccc2C1. The second-order valence-electron chi connectivity index (χ2n) is 5.54. The maximum absolute atomic E-state index is 12.3. The summed E-state index contributed by atoms with van der Waals surface area (Å²) in [4.78, 5) is 12.3. The molecule has 2 aromatic rings. The molecular formula is C18H19NO2. The summed E-state index contributed by atoms with van der Waals surface area (Å²) in [6.45, 7) is 0.657. The van der Waals surface area contributed by atoms with Crippen LogP contribution in [-0.2, 0) is 28.9 Å². The number of carbonyl (C=O) groups excluding carboxylic acids is 1. The van der Waals surface area contributed by atoms with Gasteiger partial charge in [0.15, 0.2) is 0 Å². The number of carbonyl (C=O) groups is 1. The van der Waals surface area contributed by atoms with E-state index in [-0.39, 0.29) is 5.97 Å². The Morgan fingerprint density at radius 1 is 1.05 bits per heavy atom. The number of benzene rings is 2. The maximum Gasteiger partial charge on any atom is 0.326 e. The van der Waals surface area contributed by atoms with E-state index in [0.29, 0.717) is 19.4 Å². The lowest BCUT2D eigenvalue weighted by Gasteiger charge is -2.27. The molecule has 108 valence electrons. The number of hydrogen-bond acceptors (Lipinski definition) is 3. The van der Waals surface area contributed by atoms with Gasteiger partial charge in [-0.05, 0) is 16.7 Å². The molecule has 21 heavy (non-hydrogen) atoms. The molecule has 0 fully saturated rings. The minimum Gasteiger partial charge on any atom is -0.468 e. The van der Waals surface area contributed by atoms with Crippen LogP contribution in [0.3, 0.4) is 0 Å². The van der Waals surface area contributed by atoms with Gasteiger partial charge in [-0.2, -0.15) is 0 Å². The van der Waals surface area contributed by atoms with Gasteiger partial charge in [-0.25, -0.2) is 0 Å². The maximum atomic E-state index is 12.3. The van der Waals surface area contributed by atoms with Gasteiger partial charge >= 0.3 is 5.97 Å². The van der Waals surface area contributed by atoms with Crippen molar-refractivity contribution in [3.05, 3.63) is 71.3 Å². The molecule has 2 aromatic carbocycles. The van der Waals surface area contributed by atoms with Crippen molar-refractivity contribution < 1.29 is 9.53 Å². The quantitative estimate of drug-likeness (QED) is 0.875. The van der Waals surface area contributed by atoms with Crippen LogP contribution in [0, 0.1) is 0 Å². The highest BCUT2D eigenvalue weighted by atomic mass is 16.5. The highest BCUT2D eigenvalue weighted by Crippen LogP contribution is 2.31. The molecule has 0 aromatic heterocycles. The summed E-state index contributed by atoms with van der Waals surface area (Å²) < 4.78 is 5.06. The third-order valence-electron chi connectivity index (χ3n) is 4.15. The van der Waals surface area contributed by atoms with Crippen molar-refractivity contribution in [3.8, 4) is 0 Å². The molecule has 0 amide bonds. The average molecular weight is 281 g/mol. The van der Waals surface area contributed by atoms with Gasteiger partial charge < -0.3 is 4.74 Å². The van der Waals surface area contributed by atoms with Crippen molar-refractivity contribution in [2.24, 2.45) is 0 Å². The monoisotopic (exact) mass is 281 g/mol. The number of methoxy groups -OCH3 is 1. The molecule has 3 nitrogen and oxygen atoms in total. The summed E-state index contributed by atoms with van der Waals surface area (Å²) in [5.41, 5.74) is 2.97. The highest BCUT2D eigenvalue weighted by Gasteiger charge is 2.44. The van der Waals surface area contributed by atoms with Crippen LogP contribution >= 0.6 is 0 Å². The normalized spacial score (nSPS) is 15.5. The molecule has 0 saturated carbocycles. The Kier molecular flexibility index (Phi) is 3.76. The summed E-state index contributed by atoms with van der Waals surface area (Å²) in [6.07, 6.45) is 1.37. The van der Waals surface area contributed by atoms with E-state index in [0.717, 1.165) is 5.56 Å². The van der Waals surface area contributed by atoms with E-state index in [4.69, 9.17) is 4.74 Å². The molecule has 1 aliphatic rings. The van der Waals surface area contributed by atoms with E-state index in [9.17, 15) is 4.79 Å². The molecule has 3 rings (SSSR count). The number of esters is 1. The molecular weight excluding hydrogens is 262 g/mol. The second-order valence-corrected chi connectivity index (χ2v) is 5.54. The molecule has 3 heteroatoms. The molecule has 0 saturated heterocycles. The highest BCUT2D eigenvalue weighted by molar-refractivity contribution is 5.83. The predicted octanol–water partition coefficient (Wildman–Crippen LogP) is 2.49. The molecule has 1 N–H and O–H groups in total. The van der Waals surface area contributed by atoms with Gasteiger partial charge in [0.25, 0.3) is 0 Å². The summed E-state index contributed by atoms with van der Waals surface area (Å²) in [5, 5.41) is 3.43. The summed E-state index contributed by atoms with van der Waals surface area (Å²) in [5.74, 6) is -0.186. The Balaban J connectivity index is 1.82. The first-order valence-electron chi connectivity index (χ1n) is 7.18. The van der Waals surface area contributed by atoms with Crippen molar-refractivity contribution in [2.75, 3.05) is 7.11 Å². The van der Waals surface area contributed by atoms with Gasteiger partial charge in [0.2, 0.25) is 0 Å². The summed E-state index contributed by atoms with van der Waals surface area (Å²) in [6, 6.07) is 18.3. The molecule has 0 spiro atoms. The van der Waals surface area contributed by atoms with E-state index < -0.39 is 5.54 Å². The molecule has 0 bridgehead atoms. The fourth-order valence-corrected chi connectivity index (χ4v) is 3.02. The Morgan fingerprint density at radius 2 is 1.62 bits per heavy atom. The van der Waals surface area contributed by atoms with Crippen LogP contribution in [0.15, 0.2) is 54.6 Å². The van der Waals surface area contributed by atoms with Gasteiger partial charge in [-0.3, -0.25) is 10.1 Å². The molecule has 0 unspecified atom stereocenters.